The van der Waals surface area contributed by atoms with E-state index in [0.29, 0.717) is 22.9 Å². The molecule has 0 aliphatic rings. The summed E-state index contributed by atoms with van der Waals surface area (Å²) in [6.07, 6.45) is 0. The summed E-state index contributed by atoms with van der Waals surface area (Å²) >= 11 is 0. The molecule has 0 fully saturated rings. The zero-order chi connectivity index (χ0) is 21.0. The minimum Gasteiger partial charge on any atom is -0.394 e. The largest absolute Gasteiger partial charge is 0.394 e. The van der Waals surface area contributed by atoms with Crippen LogP contribution in [-0.4, -0.2) is 54.4 Å². The highest BCUT2D eigenvalue weighted by atomic mass is 16.3. The molecule has 29 heavy (non-hydrogen) atoms. The summed E-state index contributed by atoms with van der Waals surface area (Å²) in [6.45, 7) is 7.89. The molecule has 0 saturated carbocycles. The number of nitrogens with zero attached hydrogens (tertiary/aromatic N) is 5. The van der Waals surface area contributed by atoms with Crippen molar-refractivity contribution in [2.24, 2.45) is 5.92 Å². The molecular formula is C20H29N7O2. The lowest BCUT2D eigenvalue weighted by molar-refractivity contribution is 0.248. The summed E-state index contributed by atoms with van der Waals surface area (Å²) < 4.78 is 1.73. The first kappa shape index (κ1) is 20.9. The highest BCUT2D eigenvalue weighted by Gasteiger charge is 2.21. The molecule has 0 spiro atoms. The van der Waals surface area contributed by atoms with Crippen LogP contribution >= 0.6 is 0 Å². The Morgan fingerprint density at radius 2 is 1.69 bits per heavy atom. The zero-order valence-corrected chi connectivity index (χ0v) is 17.2. The van der Waals surface area contributed by atoms with Crippen LogP contribution in [0.15, 0.2) is 30.3 Å². The number of hydrogen-bond donors (Lipinski definition) is 4. The second-order valence-corrected chi connectivity index (χ2v) is 7.66. The molecular weight excluding hydrogens is 370 g/mol. The summed E-state index contributed by atoms with van der Waals surface area (Å²) in [7, 11) is 0. The van der Waals surface area contributed by atoms with E-state index in [0.717, 1.165) is 5.56 Å². The van der Waals surface area contributed by atoms with E-state index in [1.165, 1.54) is 0 Å². The SMILES string of the molecule is CC(C)[C@H](CO)Nc1nc(N[C@@H](CO)c2ccccc2)c2nnn(C(C)C)c2n1. The Kier molecular flexibility index (Phi) is 6.60. The van der Waals surface area contributed by atoms with Crippen LogP contribution in [0.2, 0.25) is 0 Å². The number of anilines is 2. The van der Waals surface area contributed by atoms with Crippen LogP contribution in [0, 0.1) is 5.92 Å². The molecule has 1 aromatic carbocycles. The highest BCUT2D eigenvalue weighted by molar-refractivity contribution is 5.83. The van der Waals surface area contributed by atoms with Gasteiger partial charge in [0.15, 0.2) is 17.0 Å². The summed E-state index contributed by atoms with van der Waals surface area (Å²) in [4.78, 5) is 9.18. The van der Waals surface area contributed by atoms with Crippen molar-refractivity contribution in [3.63, 3.8) is 0 Å². The summed E-state index contributed by atoms with van der Waals surface area (Å²) in [5.41, 5.74) is 2.05. The predicted molar refractivity (Wildman–Crippen MR) is 113 cm³/mol. The molecule has 9 nitrogen and oxygen atoms in total. The average molecular weight is 399 g/mol. The molecule has 3 rings (SSSR count). The van der Waals surface area contributed by atoms with Gasteiger partial charge in [-0.1, -0.05) is 49.4 Å². The first-order valence-electron chi connectivity index (χ1n) is 9.87. The maximum atomic E-state index is 9.94. The molecule has 0 bridgehead atoms. The first-order valence-corrected chi connectivity index (χ1v) is 9.87. The Bertz CT molecular complexity index is 927. The van der Waals surface area contributed by atoms with Crippen molar-refractivity contribution >= 4 is 22.9 Å². The molecule has 0 aliphatic carbocycles. The third-order valence-electron chi connectivity index (χ3n) is 4.82. The summed E-state index contributed by atoms with van der Waals surface area (Å²) in [6, 6.07) is 9.18. The van der Waals surface area contributed by atoms with Crippen molar-refractivity contribution in [3.8, 4) is 0 Å². The molecule has 9 heteroatoms. The van der Waals surface area contributed by atoms with Crippen LogP contribution in [0.1, 0.15) is 45.3 Å². The average Bonchev–Trinajstić information content (AvgIpc) is 3.15. The minimum absolute atomic E-state index is 0.0349. The van der Waals surface area contributed by atoms with Crippen molar-refractivity contribution < 1.29 is 10.2 Å². The Morgan fingerprint density at radius 1 is 0.966 bits per heavy atom. The minimum atomic E-state index is -0.356. The molecule has 2 atom stereocenters. The molecule has 0 amide bonds. The molecule has 2 heterocycles. The van der Waals surface area contributed by atoms with Crippen LogP contribution in [0.4, 0.5) is 11.8 Å². The van der Waals surface area contributed by atoms with Gasteiger partial charge in [-0.15, -0.1) is 5.10 Å². The number of aliphatic hydroxyl groups excluding tert-OH is 2. The maximum Gasteiger partial charge on any atom is 0.227 e. The van der Waals surface area contributed by atoms with Crippen LogP contribution in [0.25, 0.3) is 11.2 Å². The van der Waals surface area contributed by atoms with Gasteiger partial charge in [-0.25, -0.2) is 4.68 Å². The number of benzene rings is 1. The van der Waals surface area contributed by atoms with Gasteiger partial charge < -0.3 is 20.8 Å². The van der Waals surface area contributed by atoms with Gasteiger partial charge in [0.25, 0.3) is 0 Å². The lowest BCUT2D eigenvalue weighted by Crippen LogP contribution is -2.30. The van der Waals surface area contributed by atoms with Crippen molar-refractivity contribution in [2.45, 2.75) is 45.8 Å². The van der Waals surface area contributed by atoms with E-state index in [9.17, 15) is 10.2 Å². The summed E-state index contributed by atoms with van der Waals surface area (Å²) in [5, 5.41) is 34.6. The number of fused-ring (bicyclic) bond motifs is 1. The number of nitrogens with one attached hydrogen (secondary N) is 2. The third kappa shape index (κ3) is 4.63. The van der Waals surface area contributed by atoms with Gasteiger partial charge >= 0.3 is 0 Å². The van der Waals surface area contributed by atoms with Crippen molar-refractivity contribution in [1.82, 2.24) is 25.0 Å². The van der Waals surface area contributed by atoms with Gasteiger partial charge in [-0.05, 0) is 25.3 Å². The lowest BCUT2D eigenvalue weighted by Gasteiger charge is -2.21. The van der Waals surface area contributed by atoms with Crippen molar-refractivity contribution in [1.29, 1.82) is 0 Å². The fraction of sp³-hybridized carbons (Fsp3) is 0.500. The van der Waals surface area contributed by atoms with Crippen molar-refractivity contribution in [3.05, 3.63) is 35.9 Å². The van der Waals surface area contributed by atoms with Gasteiger partial charge in [0.1, 0.15) is 0 Å². The highest BCUT2D eigenvalue weighted by Crippen LogP contribution is 2.26. The number of hydrogen-bond acceptors (Lipinski definition) is 8. The normalized spacial score (nSPS) is 13.8. The Morgan fingerprint density at radius 3 is 2.28 bits per heavy atom. The molecule has 0 radical (unpaired) electrons. The first-order chi connectivity index (χ1) is 13.9. The van der Waals surface area contributed by atoms with E-state index in [1.807, 2.05) is 58.0 Å². The van der Waals surface area contributed by atoms with E-state index >= 15 is 0 Å². The fourth-order valence-corrected chi connectivity index (χ4v) is 3.02. The van der Waals surface area contributed by atoms with Crippen LogP contribution < -0.4 is 10.6 Å². The van der Waals surface area contributed by atoms with E-state index in [1.54, 1.807) is 4.68 Å². The van der Waals surface area contributed by atoms with E-state index in [2.05, 4.69) is 30.9 Å². The van der Waals surface area contributed by atoms with Gasteiger partial charge in [0.05, 0.1) is 31.3 Å². The number of rotatable bonds is 9. The Labute approximate surface area is 170 Å². The molecule has 0 aliphatic heterocycles. The van der Waals surface area contributed by atoms with E-state index in [4.69, 9.17) is 0 Å². The van der Waals surface area contributed by atoms with Crippen LogP contribution in [0.5, 0.6) is 0 Å². The molecule has 4 N–H and O–H groups in total. The lowest BCUT2D eigenvalue weighted by atomic mass is 10.1. The quantitative estimate of drug-likeness (QED) is 0.433. The standard InChI is InChI=1S/C20H29N7O2/c1-12(2)15(10-28)22-20-23-18(17-19(24-20)27(13(3)4)26-25-17)21-16(11-29)14-8-6-5-7-9-14/h5-9,12-13,15-16,28-29H,10-11H2,1-4H3,(H2,21,22,23,24)/t15-,16-/m0/s1. The van der Waals surface area contributed by atoms with Crippen LogP contribution in [0.3, 0.4) is 0 Å². The van der Waals surface area contributed by atoms with Crippen molar-refractivity contribution in [2.75, 3.05) is 23.8 Å². The molecule has 156 valence electrons. The number of aromatic nitrogens is 5. The summed E-state index contributed by atoms with van der Waals surface area (Å²) in [5.74, 6) is 1.05. The Balaban J connectivity index is 2.04. The second kappa shape index (κ2) is 9.15. The van der Waals surface area contributed by atoms with Gasteiger partial charge in [0.2, 0.25) is 5.95 Å². The van der Waals surface area contributed by atoms with E-state index < -0.39 is 0 Å². The third-order valence-corrected chi connectivity index (χ3v) is 4.82. The molecule has 0 unspecified atom stereocenters. The molecule has 0 saturated heterocycles. The van der Waals surface area contributed by atoms with Gasteiger partial charge in [-0.3, -0.25) is 0 Å². The van der Waals surface area contributed by atoms with Gasteiger partial charge in [0, 0.05) is 0 Å². The predicted octanol–water partition coefficient (Wildman–Crippen LogP) is 2.38. The van der Waals surface area contributed by atoms with Gasteiger partial charge in [-0.2, -0.15) is 9.97 Å². The van der Waals surface area contributed by atoms with E-state index in [-0.39, 0.29) is 37.3 Å². The molecule has 3 aromatic rings. The topological polar surface area (TPSA) is 121 Å². The number of aliphatic hydroxyl groups is 2. The maximum absolute atomic E-state index is 9.94. The second-order valence-electron chi connectivity index (χ2n) is 7.66. The molecule has 2 aromatic heterocycles. The fourth-order valence-electron chi connectivity index (χ4n) is 3.02. The monoisotopic (exact) mass is 399 g/mol. The Hall–Kier alpha value is -2.78. The smallest absolute Gasteiger partial charge is 0.227 e. The zero-order valence-electron chi connectivity index (χ0n) is 17.2. The van der Waals surface area contributed by atoms with Crippen LogP contribution in [-0.2, 0) is 0 Å².